The van der Waals surface area contributed by atoms with Gasteiger partial charge in [0.05, 0.1) is 24.9 Å². The third kappa shape index (κ3) is 5.33. The number of methoxy groups -OCH3 is 1. The first-order chi connectivity index (χ1) is 17.8. The van der Waals surface area contributed by atoms with E-state index < -0.39 is 5.97 Å². The van der Waals surface area contributed by atoms with Crippen LogP contribution >= 0.6 is 0 Å². The average molecular weight is 500 g/mol. The Morgan fingerprint density at radius 2 is 1.81 bits per heavy atom. The number of carbonyl (C=O) groups is 3. The van der Waals surface area contributed by atoms with Gasteiger partial charge in [-0.25, -0.2) is 9.18 Å². The van der Waals surface area contributed by atoms with Crippen LogP contribution in [0.1, 0.15) is 55.2 Å². The molecule has 0 spiro atoms. The molecular formula is C29H26FN3O4. The summed E-state index contributed by atoms with van der Waals surface area (Å²) < 4.78 is 20.9. The van der Waals surface area contributed by atoms with Crippen molar-refractivity contribution < 1.29 is 23.5 Å². The van der Waals surface area contributed by atoms with E-state index in [4.69, 9.17) is 0 Å². The van der Waals surface area contributed by atoms with Gasteiger partial charge in [-0.15, -0.1) is 0 Å². The van der Waals surface area contributed by atoms with Crippen LogP contribution in [-0.2, 0) is 18.3 Å². The number of aldehydes is 1. The highest BCUT2D eigenvalue weighted by atomic mass is 19.1. The molecule has 8 heteroatoms. The van der Waals surface area contributed by atoms with Gasteiger partial charge in [0.1, 0.15) is 5.82 Å². The molecule has 7 nitrogen and oxygen atoms in total. The van der Waals surface area contributed by atoms with E-state index in [0.717, 1.165) is 16.7 Å². The van der Waals surface area contributed by atoms with Crippen molar-refractivity contribution in [1.82, 2.24) is 14.7 Å². The SMILES string of the molecule is CC(c1ccc(-c2cnn(C)c2)cc1F)N1Cc2ccccc2C1=O.COC(=O)c1ccccc1C=O. The second-order valence-corrected chi connectivity index (χ2v) is 8.60. The highest BCUT2D eigenvalue weighted by molar-refractivity contribution is 5.99. The summed E-state index contributed by atoms with van der Waals surface area (Å²) in [6.07, 6.45) is 4.18. The molecule has 0 radical (unpaired) electrons. The molecule has 1 aliphatic heterocycles. The lowest BCUT2D eigenvalue weighted by atomic mass is 10.0. The zero-order chi connectivity index (χ0) is 26.5. The van der Waals surface area contributed by atoms with Crippen LogP contribution in [0.15, 0.2) is 79.1 Å². The molecule has 0 N–H and O–H groups in total. The highest BCUT2D eigenvalue weighted by Crippen LogP contribution is 2.33. The summed E-state index contributed by atoms with van der Waals surface area (Å²) in [5.74, 6) is -0.839. The average Bonchev–Trinajstić information content (AvgIpc) is 3.51. The first kappa shape index (κ1) is 25.5. The topological polar surface area (TPSA) is 81.5 Å². The lowest BCUT2D eigenvalue weighted by molar-refractivity contribution is 0.0598. The van der Waals surface area contributed by atoms with E-state index in [1.54, 1.807) is 46.1 Å². The van der Waals surface area contributed by atoms with Crippen LogP contribution in [0.3, 0.4) is 0 Å². The monoisotopic (exact) mass is 499 g/mol. The number of carbonyl (C=O) groups excluding carboxylic acids is 3. The maximum absolute atomic E-state index is 14.7. The Morgan fingerprint density at radius 3 is 2.46 bits per heavy atom. The van der Waals surface area contributed by atoms with Gasteiger partial charge in [0.25, 0.3) is 5.91 Å². The number of rotatable bonds is 5. The number of hydrogen-bond acceptors (Lipinski definition) is 5. The fraction of sp³-hybridized carbons (Fsp3) is 0.172. The molecule has 37 heavy (non-hydrogen) atoms. The number of aromatic nitrogens is 2. The van der Waals surface area contributed by atoms with Crippen molar-refractivity contribution in [3.8, 4) is 11.1 Å². The molecule has 1 aliphatic rings. The number of ether oxygens (including phenoxy) is 1. The van der Waals surface area contributed by atoms with Crippen LogP contribution in [0.4, 0.5) is 4.39 Å². The van der Waals surface area contributed by atoms with Crippen LogP contribution < -0.4 is 0 Å². The van der Waals surface area contributed by atoms with E-state index in [1.165, 1.54) is 13.2 Å². The zero-order valence-electron chi connectivity index (χ0n) is 20.7. The number of amides is 1. The molecule has 0 fully saturated rings. The van der Waals surface area contributed by atoms with Gasteiger partial charge in [-0.1, -0.05) is 48.5 Å². The number of hydrogen-bond donors (Lipinski definition) is 0. The molecule has 2 heterocycles. The Bertz CT molecular complexity index is 1460. The molecule has 1 unspecified atom stereocenters. The number of benzene rings is 3. The molecule has 5 rings (SSSR count). The molecule has 1 aromatic heterocycles. The molecule has 4 aromatic rings. The number of nitrogens with zero attached hydrogens (tertiary/aromatic N) is 3. The van der Waals surface area contributed by atoms with E-state index >= 15 is 0 Å². The summed E-state index contributed by atoms with van der Waals surface area (Å²) in [6, 6.07) is 18.9. The quantitative estimate of drug-likeness (QED) is 0.278. The smallest absolute Gasteiger partial charge is 0.338 e. The molecule has 0 bridgehead atoms. The van der Waals surface area contributed by atoms with Crippen molar-refractivity contribution in [1.29, 1.82) is 0 Å². The highest BCUT2D eigenvalue weighted by Gasteiger charge is 2.32. The summed E-state index contributed by atoms with van der Waals surface area (Å²) in [5, 5.41) is 4.12. The van der Waals surface area contributed by atoms with Gasteiger partial charge in [0, 0.05) is 42.0 Å². The minimum absolute atomic E-state index is 0.0427. The Morgan fingerprint density at radius 1 is 1.08 bits per heavy atom. The van der Waals surface area contributed by atoms with Crippen LogP contribution in [0.2, 0.25) is 0 Å². The molecular weight excluding hydrogens is 473 g/mol. The van der Waals surface area contributed by atoms with Crippen LogP contribution in [0.25, 0.3) is 11.1 Å². The predicted molar refractivity (Wildman–Crippen MR) is 137 cm³/mol. The van der Waals surface area contributed by atoms with E-state index in [0.29, 0.717) is 35.1 Å². The minimum atomic E-state index is -0.488. The molecule has 0 saturated carbocycles. The van der Waals surface area contributed by atoms with Gasteiger partial charge in [0.15, 0.2) is 6.29 Å². The van der Waals surface area contributed by atoms with Crippen LogP contribution in [-0.4, -0.2) is 40.0 Å². The van der Waals surface area contributed by atoms with Gasteiger partial charge in [-0.05, 0) is 36.2 Å². The molecule has 0 aliphatic carbocycles. The fourth-order valence-electron chi connectivity index (χ4n) is 4.27. The standard InChI is InChI=1S/C20H18FN3O.C9H8O3/c1-13(24-12-15-5-3-4-6-18(15)20(24)25)17-8-7-14(9-19(17)21)16-10-22-23(2)11-16;1-12-9(11)8-5-3-2-4-7(8)6-10/h3-11,13H,12H2,1-2H3;2-6H,1H3. The molecule has 1 atom stereocenters. The summed E-state index contributed by atoms with van der Waals surface area (Å²) in [4.78, 5) is 35.8. The number of fused-ring (bicyclic) bond motifs is 1. The van der Waals surface area contributed by atoms with E-state index in [1.807, 2.05) is 50.5 Å². The van der Waals surface area contributed by atoms with Crippen LogP contribution in [0, 0.1) is 5.82 Å². The third-order valence-corrected chi connectivity index (χ3v) is 6.30. The van der Waals surface area contributed by atoms with Crippen molar-refractivity contribution in [3.05, 3.63) is 113 Å². The lowest BCUT2D eigenvalue weighted by Gasteiger charge is -2.25. The maximum Gasteiger partial charge on any atom is 0.338 e. The van der Waals surface area contributed by atoms with Gasteiger partial charge < -0.3 is 9.64 Å². The van der Waals surface area contributed by atoms with E-state index in [9.17, 15) is 18.8 Å². The van der Waals surface area contributed by atoms with Crippen molar-refractivity contribution in [2.45, 2.75) is 19.5 Å². The van der Waals surface area contributed by atoms with Crippen molar-refractivity contribution in [2.75, 3.05) is 7.11 Å². The van der Waals surface area contributed by atoms with Crippen molar-refractivity contribution in [3.63, 3.8) is 0 Å². The minimum Gasteiger partial charge on any atom is -0.465 e. The van der Waals surface area contributed by atoms with Gasteiger partial charge in [0.2, 0.25) is 0 Å². The summed E-state index contributed by atoms with van der Waals surface area (Å²) >= 11 is 0. The Labute approximate surface area is 214 Å². The number of halogens is 1. The summed E-state index contributed by atoms with van der Waals surface area (Å²) in [6.45, 7) is 2.38. The fourth-order valence-corrected chi connectivity index (χ4v) is 4.27. The van der Waals surface area contributed by atoms with E-state index in [-0.39, 0.29) is 17.8 Å². The third-order valence-electron chi connectivity index (χ3n) is 6.30. The lowest BCUT2D eigenvalue weighted by Crippen LogP contribution is -2.27. The van der Waals surface area contributed by atoms with Gasteiger partial charge in [-0.3, -0.25) is 14.3 Å². The predicted octanol–water partition coefficient (Wildman–Crippen LogP) is 5.23. The van der Waals surface area contributed by atoms with Gasteiger partial charge >= 0.3 is 5.97 Å². The van der Waals surface area contributed by atoms with E-state index in [2.05, 4.69) is 9.84 Å². The van der Waals surface area contributed by atoms with Gasteiger partial charge in [-0.2, -0.15) is 5.10 Å². The summed E-state index contributed by atoms with van der Waals surface area (Å²) in [7, 11) is 3.11. The number of esters is 1. The zero-order valence-corrected chi connectivity index (χ0v) is 20.7. The second kappa shape index (κ2) is 11.0. The largest absolute Gasteiger partial charge is 0.465 e. The Kier molecular flexibility index (Phi) is 7.57. The normalized spacial score (nSPS) is 12.9. The Balaban J connectivity index is 0.000000225. The second-order valence-electron chi connectivity index (χ2n) is 8.60. The van der Waals surface area contributed by atoms with Crippen LogP contribution in [0.5, 0.6) is 0 Å². The van der Waals surface area contributed by atoms with Crippen molar-refractivity contribution >= 4 is 18.2 Å². The maximum atomic E-state index is 14.7. The summed E-state index contributed by atoms with van der Waals surface area (Å²) in [5.41, 5.74) is 4.52. The molecule has 1 amide bonds. The molecule has 188 valence electrons. The van der Waals surface area contributed by atoms with Crippen molar-refractivity contribution in [2.24, 2.45) is 7.05 Å². The molecule has 3 aromatic carbocycles. The Hall–Kier alpha value is -4.59. The number of aryl methyl sites for hydroxylation is 1. The first-order valence-electron chi connectivity index (χ1n) is 11.6. The first-order valence-corrected chi connectivity index (χ1v) is 11.6. The molecule has 0 saturated heterocycles.